The summed E-state index contributed by atoms with van der Waals surface area (Å²) < 4.78 is 26.9. The molecule has 4 rings (SSSR count). The molecule has 150 valence electrons. The number of nitro groups is 1. The third-order valence-corrected chi connectivity index (χ3v) is 6.79. The number of carbonyl (C=O) groups excluding carboxylic acids is 1. The van der Waals surface area contributed by atoms with E-state index < -0.39 is 14.9 Å². The first-order chi connectivity index (χ1) is 13.9. The second kappa shape index (κ2) is 7.26. The molecule has 0 aliphatic carbocycles. The van der Waals surface area contributed by atoms with Gasteiger partial charge in [-0.2, -0.15) is 9.40 Å². The zero-order valence-corrected chi connectivity index (χ0v) is 16.0. The van der Waals surface area contributed by atoms with Gasteiger partial charge in [0.2, 0.25) is 10.0 Å². The number of piperazine rings is 1. The van der Waals surface area contributed by atoms with E-state index in [1.165, 1.54) is 22.5 Å². The van der Waals surface area contributed by atoms with E-state index in [0.717, 1.165) is 11.5 Å². The predicted molar refractivity (Wildman–Crippen MR) is 104 cm³/mol. The third kappa shape index (κ3) is 3.45. The molecule has 0 radical (unpaired) electrons. The molecule has 29 heavy (non-hydrogen) atoms. The van der Waals surface area contributed by atoms with E-state index in [1.807, 2.05) is 6.07 Å². The lowest BCUT2D eigenvalue weighted by Crippen LogP contribution is -2.50. The normalized spacial score (nSPS) is 15.5. The number of benzene rings is 2. The van der Waals surface area contributed by atoms with Gasteiger partial charge in [-0.25, -0.2) is 8.42 Å². The maximum Gasteiger partial charge on any atom is 0.270 e. The minimum atomic E-state index is -3.88. The number of sulfonamides is 1. The summed E-state index contributed by atoms with van der Waals surface area (Å²) in [4.78, 5) is 24.6. The minimum absolute atomic E-state index is 0.107. The number of non-ortho nitro benzene ring substituents is 1. The Hall–Kier alpha value is -3.31. The van der Waals surface area contributed by atoms with Gasteiger partial charge in [0, 0.05) is 43.7 Å². The highest BCUT2D eigenvalue weighted by Gasteiger charge is 2.31. The Morgan fingerprint density at radius 3 is 2.55 bits per heavy atom. The van der Waals surface area contributed by atoms with E-state index in [2.05, 4.69) is 10.2 Å². The highest BCUT2D eigenvalue weighted by Crippen LogP contribution is 2.23. The van der Waals surface area contributed by atoms with Crippen LogP contribution in [0.15, 0.2) is 53.6 Å². The molecule has 0 saturated carbocycles. The van der Waals surface area contributed by atoms with Crippen LogP contribution in [-0.4, -0.2) is 64.8 Å². The van der Waals surface area contributed by atoms with E-state index in [0.29, 0.717) is 11.1 Å². The summed E-state index contributed by atoms with van der Waals surface area (Å²) in [6.45, 7) is 0.653. The van der Waals surface area contributed by atoms with Crippen molar-refractivity contribution in [3.63, 3.8) is 0 Å². The van der Waals surface area contributed by atoms with E-state index in [-0.39, 0.29) is 42.7 Å². The second-order valence-corrected chi connectivity index (χ2v) is 8.53. The van der Waals surface area contributed by atoms with Crippen molar-refractivity contribution in [1.82, 2.24) is 19.4 Å². The van der Waals surface area contributed by atoms with E-state index in [1.54, 1.807) is 23.2 Å². The van der Waals surface area contributed by atoms with Gasteiger partial charge in [-0.1, -0.05) is 18.2 Å². The molecule has 1 aliphatic heterocycles. The van der Waals surface area contributed by atoms with Crippen LogP contribution in [0.2, 0.25) is 0 Å². The molecule has 0 bridgehead atoms. The van der Waals surface area contributed by atoms with Gasteiger partial charge in [-0.3, -0.25) is 20.0 Å². The lowest BCUT2D eigenvalue weighted by atomic mass is 10.1. The fourth-order valence-electron chi connectivity index (χ4n) is 3.36. The van der Waals surface area contributed by atoms with Crippen molar-refractivity contribution in [2.75, 3.05) is 26.2 Å². The molecular formula is C18H17N5O5S. The Labute approximate surface area is 165 Å². The van der Waals surface area contributed by atoms with Crippen molar-refractivity contribution < 1.29 is 18.1 Å². The highest BCUT2D eigenvalue weighted by atomic mass is 32.2. The molecule has 1 amide bonds. The molecule has 3 aromatic rings. The average molecular weight is 415 g/mol. The summed E-state index contributed by atoms with van der Waals surface area (Å²) in [5.74, 6) is -0.202. The van der Waals surface area contributed by atoms with Gasteiger partial charge < -0.3 is 4.90 Å². The minimum Gasteiger partial charge on any atom is -0.336 e. The number of hydrogen-bond acceptors (Lipinski definition) is 6. The maximum atomic E-state index is 12.9. The third-order valence-electron chi connectivity index (χ3n) is 4.90. The van der Waals surface area contributed by atoms with Gasteiger partial charge in [-0.05, 0) is 12.1 Å². The molecule has 1 aliphatic rings. The smallest absolute Gasteiger partial charge is 0.270 e. The van der Waals surface area contributed by atoms with Crippen LogP contribution in [0, 0.1) is 10.1 Å². The topological polar surface area (TPSA) is 130 Å². The van der Waals surface area contributed by atoms with Gasteiger partial charge in [0.05, 0.1) is 27.1 Å². The zero-order valence-electron chi connectivity index (χ0n) is 15.2. The molecule has 1 aromatic heterocycles. The van der Waals surface area contributed by atoms with Crippen molar-refractivity contribution in [2.45, 2.75) is 4.90 Å². The van der Waals surface area contributed by atoms with Gasteiger partial charge in [-0.15, -0.1) is 0 Å². The van der Waals surface area contributed by atoms with Crippen molar-refractivity contribution >= 4 is 32.5 Å². The largest absolute Gasteiger partial charge is 0.336 e. The number of nitrogens with one attached hydrogen (secondary N) is 1. The lowest BCUT2D eigenvalue weighted by molar-refractivity contribution is -0.385. The molecule has 0 spiro atoms. The van der Waals surface area contributed by atoms with Crippen LogP contribution >= 0.6 is 0 Å². The Bertz CT molecular complexity index is 1200. The quantitative estimate of drug-likeness (QED) is 0.509. The number of carbonyl (C=O) groups is 1. The molecule has 1 fully saturated rings. The van der Waals surface area contributed by atoms with Gasteiger partial charge >= 0.3 is 0 Å². The summed E-state index contributed by atoms with van der Waals surface area (Å²) in [6.07, 6.45) is 1.63. The van der Waals surface area contributed by atoms with Crippen LogP contribution in [0.5, 0.6) is 0 Å². The SMILES string of the molecule is O=C(c1cccc2cn[nH]c12)N1CCN(S(=O)(=O)c2cccc([N+](=O)[O-])c2)CC1. The first-order valence-corrected chi connectivity index (χ1v) is 10.3. The Kier molecular flexibility index (Phi) is 4.76. The maximum absolute atomic E-state index is 12.9. The fraction of sp³-hybridized carbons (Fsp3) is 0.222. The summed E-state index contributed by atoms with van der Waals surface area (Å²) in [7, 11) is -3.88. The van der Waals surface area contributed by atoms with Crippen molar-refractivity contribution in [3.05, 3.63) is 64.3 Å². The van der Waals surface area contributed by atoms with Crippen LogP contribution in [0.25, 0.3) is 10.9 Å². The molecule has 10 nitrogen and oxygen atoms in total. The van der Waals surface area contributed by atoms with Crippen LogP contribution < -0.4 is 0 Å². The molecule has 11 heteroatoms. The lowest BCUT2D eigenvalue weighted by Gasteiger charge is -2.34. The second-order valence-electron chi connectivity index (χ2n) is 6.59. The molecule has 2 heterocycles. The summed E-state index contributed by atoms with van der Waals surface area (Å²) in [6, 6.07) is 10.3. The Morgan fingerprint density at radius 2 is 1.83 bits per heavy atom. The number of hydrogen-bond donors (Lipinski definition) is 1. The van der Waals surface area contributed by atoms with Gasteiger partial charge in [0.25, 0.3) is 11.6 Å². The Morgan fingerprint density at radius 1 is 1.10 bits per heavy atom. The number of para-hydroxylation sites is 1. The summed E-state index contributed by atoms with van der Waals surface area (Å²) in [5, 5.41) is 18.5. The fourth-order valence-corrected chi connectivity index (χ4v) is 4.82. The molecule has 0 unspecified atom stereocenters. The monoisotopic (exact) mass is 415 g/mol. The van der Waals surface area contributed by atoms with Gasteiger partial charge in [0.15, 0.2) is 0 Å². The van der Waals surface area contributed by atoms with E-state index >= 15 is 0 Å². The highest BCUT2D eigenvalue weighted by molar-refractivity contribution is 7.89. The van der Waals surface area contributed by atoms with Crippen LogP contribution in [-0.2, 0) is 10.0 Å². The number of nitro benzene ring substituents is 1. The van der Waals surface area contributed by atoms with Crippen molar-refractivity contribution in [1.29, 1.82) is 0 Å². The molecular weight excluding hydrogens is 398 g/mol. The van der Waals surface area contributed by atoms with Crippen LogP contribution in [0.3, 0.4) is 0 Å². The number of nitrogens with zero attached hydrogens (tertiary/aromatic N) is 4. The van der Waals surface area contributed by atoms with Crippen molar-refractivity contribution in [3.8, 4) is 0 Å². The average Bonchev–Trinajstić information content (AvgIpc) is 3.22. The van der Waals surface area contributed by atoms with Gasteiger partial charge in [0.1, 0.15) is 0 Å². The van der Waals surface area contributed by atoms with E-state index in [4.69, 9.17) is 0 Å². The van der Waals surface area contributed by atoms with Crippen LogP contribution in [0.4, 0.5) is 5.69 Å². The first-order valence-electron chi connectivity index (χ1n) is 8.84. The van der Waals surface area contributed by atoms with Crippen LogP contribution in [0.1, 0.15) is 10.4 Å². The molecule has 2 aromatic carbocycles. The number of aromatic amines is 1. The Balaban J connectivity index is 1.50. The molecule has 1 N–H and O–H groups in total. The number of H-pyrrole nitrogens is 1. The number of fused-ring (bicyclic) bond motifs is 1. The first kappa shape index (κ1) is 19.0. The van der Waals surface area contributed by atoms with E-state index in [9.17, 15) is 23.3 Å². The molecule has 0 atom stereocenters. The predicted octanol–water partition coefficient (Wildman–Crippen LogP) is 1.62. The number of aromatic nitrogens is 2. The van der Waals surface area contributed by atoms with Crippen molar-refractivity contribution in [2.24, 2.45) is 0 Å². The number of rotatable bonds is 4. The number of amides is 1. The standard InChI is InChI=1S/C18H17N5O5S/c24-18(16-6-1-3-13-12-19-20-17(13)16)21-7-9-22(10-8-21)29(27,28)15-5-2-4-14(11-15)23(25)26/h1-6,11-12H,7-10H2,(H,19,20). The summed E-state index contributed by atoms with van der Waals surface area (Å²) >= 11 is 0. The zero-order chi connectivity index (χ0) is 20.6. The molecule has 1 saturated heterocycles. The summed E-state index contributed by atoms with van der Waals surface area (Å²) in [5.41, 5.74) is 0.840.